The Balaban J connectivity index is 2.06. The zero-order valence-corrected chi connectivity index (χ0v) is 9.43. The summed E-state index contributed by atoms with van der Waals surface area (Å²) in [7, 11) is 0. The van der Waals surface area contributed by atoms with Crippen molar-refractivity contribution >= 4 is 0 Å². The van der Waals surface area contributed by atoms with Gasteiger partial charge in [0.05, 0.1) is 6.10 Å². The van der Waals surface area contributed by atoms with Crippen LogP contribution < -0.4 is 4.74 Å². The first-order valence-corrected chi connectivity index (χ1v) is 5.51. The van der Waals surface area contributed by atoms with Crippen molar-refractivity contribution in [3.63, 3.8) is 0 Å². The van der Waals surface area contributed by atoms with Crippen molar-refractivity contribution in [1.82, 2.24) is 0 Å². The van der Waals surface area contributed by atoms with Crippen molar-refractivity contribution in [2.24, 2.45) is 0 Å². The van der Waals surface area contributed by atoms with Crippen molar-refractivity contribution < 1.29 is 24.8 Å². The number of para-hydroxylation sites is 1. The second-order valence-corrected chi connectivity index (χ2v) is 4.11. The van der Waals surface area contributed by atoms with E-state index in [1.54, 1.807) is 31.2 Å². The molecule has 1 aliphatic rings. The molecule has 0 radical (unpaired) electrons. The molecule has 1 aromatic rings. The van der Waals surface area contributed by atoms with E-state index in [0.717, 1.165) is 0 Å². The standard InChI is InChI=1S/C12H16O5/c1-7-9(13)10(14)11(15)12(16-7)17-8-5-3-2-4-6-8/h2-7,9-15H,1H3/t7-,9-,10+,11+,12-/m1/s1. The maximum absolute atomic E-state index is 9.73. The molecule has 0 unspecified atom stereocenters. The van der Waals surface area contributed by atoms with Crippen molar-refractivity contribution in [2.75, 3.05) is 0 Å². The molecule has 5 nitrogen and oxygen atoms in total. The van der Waals surface area contributed by atoms with Crippen molar-refractivity contribution in [3.05, 3.63) is 30.3 Å². The molecule has 1 aromatic carbocycles. The Morgan fingerprint density at radius 1 is 1.00 bits per heavy atom. The Morgan fingerprint density at radius 3 is 2.29 bits per heavy atom. The lowest BCUT2D eigenvalue weighted by molar-refractivity contribution is -0.268. The average molecular weight is 240 g/mol. The molecule has 0 spiro atoms. The molecule has 94 valence electrons. The van der Waals surface area contributed by atoms with Gasteiger partial charge in [0.15, 0.2) is 0 Å². The lowest BCUT2D eigenvalue weighted by atomic mass is 10.00. The van der Waals surface area contributed by atoms with Crippen LogP contribution in [0.4, 0.5) is 0 Å². The van der Waals surface area contributed by atoms with E-state index in [1.165, 1.54) is 0 Å². The first-order valence-electron chi connectivity index (χ1n) is 5.51. The predicted molar refractivity (Wildman–Crippen MR) is 59.4 cm³/mol. The van der Waals surface area contributed by atoms with E-state index in [4.69, 9.17) is 9.47 Å². The molecule has 0 aromatic heterocycles. The van der Waals surface area contributed by atoms with Gasteiger partial charge in [-0.2, -0.15) is 0 Å². The van der Waals surface area contributed by atoms with E-state index in [1.807, 2.05) is 6.07 Å². The summed E-state index contributed by atoms with van der Waals surface area (Å²) in [6.07, 6.45) is -5.23. The fourth-order valence-corrected chi connectivity index (χ4v) is 1.74. The monoisotopic (exact) mass is 240 g/mol. The highest BCUT2D eigenvalue weighted by molar-refractivity contribution is 5.21. The van der Waals surface area contributed by atoms with Gasteiger partial charge in [0.1, 0.15) is 24.1 Å². The molecule has 5 atom stereocenters. The number of benzene rings is 1. The minimum absolute atomic E-state index is 0.535. The van der Waals surface area contributed by atoms with Crippen LogP contribution in [-0.2, 0) is 4.74 Å². The van der Waals surface area contributed by atoms with E-state index < -0.39 is 30.7 Å². The third-order valence-electron chi connectivity index (χ3n) is 2.80. The maximum atomic E-state index is 9.73. The van der Waals surface area contributed by atoms with Crippen LogP contribution in [0.15, 0.2) is 30.3 Å². The molecule has 0 amide bonds. The van der Waals surface area contributed by atoms with E-state index in [9.17, 15) is 15.3 Å². The summed E-state index contributed by atoms with van der Waals surface area (Å²) in [6.45, 7) is 1.61. The van der Waals surface area contributed by atoms with Gasteiger partial charge in [-0.25, -0.2) is 0 Å². The lowest BCUT2D eigenvalue weighted by Gasteiger charge is -2.38. The smallest absolute Gasteiger partial charge is 0.229 e. The van der Waals surface area contributed by atoms with E-state index in [-0.39, 0.29) is 0 Å². The van der Waals surface area contributed by atoms with Gasteiger partial charge in [-0.05, 0) is 19.1 Å². The molecular weight excluding hydrogens is 224 g/mol. The Labute approximate surface area is 99.2 Å². The largest absolute Gasteiger partial charge is 0.462 e. The van der Waals surface area contributed by atoms with Crippen LogP contribution >= 0.6 is 0 Å². The van der Waals surface area contributed by atoms with E-state index >= 15 is 0 Å². The fraction of sp³-hybridized carbons (Fsp3) is 0.500. The van der Waals surface area contributed by atoms with Crippen molar-refractivity contribution in [1.29, 1.82) is 0 Å². The minimum Gasteiger partial charge on any atom is -0.462 e. The van der Waals surface area contributed by atoms with Gasteiger partial charge in [-0.3, -0.25) is 0 Å². The van der Waals surface area contributed by atoms with Gasteiger partial charge in [-0.1, -0.05) is 18.2 Å². The highest BCUT2D eigenvalue weighted by atomic mass is 16.7. The van der Waals surface area contributed by atoms with Crippen LogP contribution in [0.2, 0.25) is 0 Å². The van der Waals surface area contributed by atoms with Gasteiger partial charge in [0, 0.05) is 0 Å². The number of ether oxygens (including phenoxy) is 2. The highest BCUT2D eigenvalue weighted by Crippen LogP contribution is 2.23. The fourth-order valence-electron chi connectivity index (χ4n) is 1.74. The summed E-state index contributed by atoms with van der Waals surface area (Å²) < 4.78 is 10.7. The minimum atomic E-state index is -1.28. The third-order valence-corrected chi connectivity index (χ3v) is 2.80. The molecule has 0 bridgehead atoms. The molecular formula is C12H16O5. The Bertz CT molecular complexity index is 355. The molecule has 1 fully saturated rings. The van der Waals surface area contributed by atoms with Gasteiger partial charge in [0.25, 0.3) is 0 Å². The second-order valence-electron chi connectivity index (χ2n) is 4.11. The molecule has 1 saturated heterocycles. The summed E-state index contributed by atoms with van der Waals surface area (Å²) in [4.78, 5) is 0. The zero-order valence-electron chi connectivity index (χ0n) is 9.43. The zero-order chi connectivity index (χ0) is 12.4. The Kier molecular flexibility index (Phi) is 3.63. The number of hydrogen-bond acceptors (Lipinski definition) is 5. The second kappa shape index (κ2) is 5.01. The molecule has 5 heteroatoms. The lowest BCUT2D eigenvalue weighted by Crippen LogP contribution is -2.58. The molecule has 1 aliphatic heterocycles. The van der Waals surface area contributed by atoms with Crippen LogP contribution in [0.1, 0.15) is 6.92 Å². The molecule has 3 N–H and O–H groups in total. The van der Waals surface area contributed by atoms with Crippen LogP contribution in [0.3, 0.4) is 0 Å². The molecule has 0 aliphatic carbocycles. The predicted octanol–water partition coefficient (Wildman–Crippen LogP) is -0.107. The highest BCUT2D eigenvalue weighted by Gasteiger charge is 2.43. The SMILES string of the molecule is C[C@H]1O[C@H](Oc2ccccc2)[C@@H](O)[C@@H](O)[C@@H]1O. The summed E-state index contributed by atoms with van der Waals surface area (Å²) in [5, 5.41) is 28.8. The van der Waals surface area contributed by atoms with Crippen LogP contribution in [-0.4, -0.2) is 46.0 Å². The van der Waals surface area contributed by atoms with Crippen LogP contribution in [0, 0.1) is 0 Å². The van der Waals surface area contributed by atoms with Crippen LogP contribution in [0.25, 0.3) is 0 Å². The summed E-state index contributed by atoms with van der Waals surface area (Å²) >= 11 is 0. The van der Waals surface area contributed by atoms with E-state index in [2.05, 4.69) is 0 Å². The number of aliphatic hydroxyl groups is 3. The molecule has 17 heavy (non-hydrogen) atoms. The summed E-state index contributed by atoms with van der Waals surface area (Å²) in [5.74, 6) is 0.535. The normalized spacial score (nSPS) is 37.8. The Hall–Kier alpha value is -1.14. The van der Waals surface area contributed by atoms with Gasteiger partial charge in [-0.15, -0.1) is 0 Å². The number of rotatable bonds is 2. The first-order chi connectivity index (χ1) is 8.09. The average Bonchev–Trinajstić information content (AvgIpc) is 2.35. The van der Waals surface area contributed by atoms with Gasteiger partial charge >= 0.3 is 0 Å². The first kappa shape index (κ1) is 12.3. The quantitative estimate of drug-likeness (QED) is 0.672. The molecule has 2 rings (SSSR count). The van der Waals surface area contributed by atoms with Crippen molar-refractivity contribution in [3.8, 4) is 5.75 Å². The Morgan fingerprint density at radius 2 is 1.65 bits per heavy atom. The molecule has 1 heterocycles. The summed E-state index contributed by atoms with van der Waals surface area (Å²) in [6, 6.07) is 8.86. The van der Waals surface area contributed by atoms with Crippen molar-refractivity contribution in [2.45, 2.75) is 37.6 Å². The number of aliphatic hydroxyl groups excluding tert-OH is 3. The van der Waals surface area contributed by atoms with E-state index in [0.29, 0.717) is 5.75 Å². The van der Waals surface area contributed by atoms with Gasteiger partial charge in [0.2, 0.25) is 6.29 Å². The topological polar surface area (TPSA) is 79.2 Å². The number of hydrogen-bond donors (Lipinski definition) is 3. The maximum Gasteiger partial charge on any atom is 0.229 e. The van der Waals surface area contributed by atoms with Gasteiger partial charge < -0.3 is 24.8 Å². The molecule has 0 saturated carbocycles. The third kappa shape index (κ3) is 2.58. The van der Waals surface area contributed by atoms with Crippen LogP contribution in [0.5, 0.6) is 5.75 Å². The summed E-state index contributed by atoms with van der Waals surface area (Å²) in [5.41, 5.74) is 0.